The van der Waals surface area contributed by atoms with Gasteiger partial charge in [0.15, 0.2) is 0 Å². The van der Waals surface area contributed by atoms with Crippen LogP contribution in [-0.4, -0.2) is 81.1 Å². The first-order chi connectivity index (χ1) is 18.8. The second-order valence-electron chi connectivity index (χ2n) is 8.80. The van der Waals surface area contributed by atoms with Gasteiger partial charge in [-0.1, -0.05) is 18.6 Å². The van der Waals surface area contributed by atoms with Crippen LogP contribution in [0.5, 0.6) is 0 Å². The fraction of sp³-hybridized carbons (Fsp3) is 0.481. The highest BCUT2D eigenvalue weighted by atomic mass is 16.5. The van der Waals surface area contributed by atoms with Gasteiger partial charge in [0.25, 0.3) is 6.47 Å². The maximum absolute atomic E-state index is 12.8. The minimum absolute atomic E-state index is 0.131. The van der Waals surface area contributed by atoms with E-state index in [-0.39, 0.29) is 37.3 Å². The third kappa shape index (κ3) is 15.1. The van der Waals surface area contributed by atoms with E-state index in [1.165, 1.54) is 11.0 Å². The number of likely N-dealkylation sites (N-methyl/N-ethyl adjacent to an activating group) is 1. The topological polar surface area (TPSA) is 163 Å². The predicted molar refractivity (Wildman–Crippen MR) is 145 cm³/mol. The van der Waals surface area contributed by atoms with Crippen LogP contribution in [-0.2, 0) is 40.1 Å². The van der Waals surface area contributed by atoms with E-state index in [4.69, 9.17) is 4.74 Å². The lowest BCUT2D eigenvalue weighted by molar-refractivity contribution is -0.130. The molecule has 0 saturated heterocycles. The maximum atomic E-state index is 12.8. The van der Waals surface area contributed by atoms with E-state index in [9.17, 15) is 28.8 Å². The summed E-state index contributed by atoms with van der Waals surface area (Å²) in [5, 5.41) is 11.0. The molecule has 0 aliphatic heterocycles. The Bertz CT molecular complexity index is 966. The van der Waals surface area contributed by atoms with Crippen LogP contribution < -0.4 is 21.3 Å². The van der Waals surface area contributed by atoms with E-state index in [0.29, 0.717) is 63.6 Å². The number of aldehydes is 1. The van der Waals surface area contributed by atoms with Crippen LogP contribution in [0.4, 0.5) is 5.69 Å². The molecule has 0 spiro atoms. The van der Waals surface area contributed by atoms with Crippen LogP contribution >= 0.6 is 0 Å². The van der Waals surface area contributed by atoms with Gasteiger partial charge in [0, 0.05) is 31.8 Å². The average Bonchev–Trinajstić information content (AvgIpc) is 2.93. The maximum Gasteiger partial charge on any atom is 0.293 e. The van der Waals surface area contributed by atoms with Gasteiger partial charge in [-0.25, -0.2) is 0 Å². The third-order valence-corrected chi connectivity index (χ3v) is 5.65. The minimum atomic E-state index is -0.790. The van der Waals surface area contributed by atoms with Crippen molar-refractivity contribution in [2.45, 2.75) is 51.2 Å². The van der Waals surface area contributed by atoms with Crippen molar-refractivity contribution in [3.05, 3.63) is 42.0 Å². The quantitative estimate of drug-likeness (QED) is 0.106. The highest BCUT2D eigenvalue weighted by Crippen LogP contribution is 2.12. The van der Waals surface area contributed by atoms with Gasteiger partial charge in [-0.15, -0.1) is 0 Å². The van der Waals surface area contributed by atoms with Crippen molar-refractivity contribution in [2.24, 2.45) is 0 Å². The zero-order valence-electron chi connectivity index (χ0n) is 22.6. The normalized spacial score (nSPS) is 11.3. The van der Waals surface area contributed by atoms with E-state index in [1.54, 1.807) is 38.4 Å². The Hall–Kier alpha value is -4.06. The molecule has 0 heterocycles. The van der Waals surface area contributed by atoms with Crippen LogP contribution in [0.15, 0.2) is 36.4 Å². The molecule has 0 fully saturated rings. The Labute approximate surface area is 228 Å². The van der Waals surface area contributed by atoms with Gasteiger partial charge in [-0.05, 0) is 63.0 Å². The minimum Gasteiger partial charge on any atom is -0.463 e. The molecule has 12 nitrogen and oxygen atoms in total. The standard InChI is InChI=1S/C27H39N5O7/c1-28-15-6-8-23(27(38)30-22-13-11-21(12-14-22)19-39-20-34)31-25(36)18-29-24(35)9-4-3-5-16-32(2)26(37)10-7-17-33/h7,10-14,17,20,23,28H,3-6,8-9,15-16,18-19H2,1-2H3,(H,29,35)(H,30,38)(H,31,36)/b10-7-. The summed E-state index contributed by atoms with van der Waals surface area (Å²) in [6.07, 6.45) is 6.18. The Balaban J connectivity index is 2.44. The van der Waals surface area contributed by atoms with Gasteiger partial charge in [-0.2, -0.15) is 0 Å². The number of benzene rings is 1. The van der Waals surface area contributed by atoms with E-state index in [2.05, 4.69) is 21.3 Å². The SMILES string of the molecule is CNCCCC(NC(=O)CNC(=O)CCCCCN(C)C(=O)/C=C\C=O)C(=O)Nc1ccc(COC=O)cc1. The van der Waals surface area contributed by atoms with E-state index in [0.717, 1.165) is 11.6 Å². The number of nitrogens with one attached hydrogen (secondary N) is 4. The summed E-state index contributed by atoms with van der Waals surface area (Å²) in [4.78, 5) is 71.2. The van der Waals surface area contributed by atoms with Crippen LogP contribution in [0.25, 0.3) is 0 Å². The molecule has 1 atom stereocenters. The summed E-state index contributed by atoms with van der Waals surface area (Å²) >= 11 is 0. The molecule has 214 valence electrons. The number of hydrogen-bond donors (Lipinski definition) is 4. The molecule has 1 aromatic rings. The predicted octanol–water partition coefficient (Wildman–Crippen LogP) is 0.673. The monoisotopic (exact) mass is 545 g/mol. The Morgan fingerprint density at radius 2 is 1.74 bits per heavy atom. The lowest BCUT2D eigenvalue weighted by Gasteiger charge is -2.19. The van der Waals surface area contributed by atoms with E-state index < -0.39 is 11.9 Å². The molecular formula is C27H39N5O7. The molecule has 0 radical (unpaired) electrons. The van der Waals surface area contributed by atoms with Crippen molar-refractivity contribution in [2.75, 3.05) is 39.0 Å². The van der Waals surface area contributed by atoms with Crippen molar-refractivity contribution in [3.63, 3.8) is 0 Å². The van der Waals surface area contributed by atoms with Crippen molar-refractivity contribution in [3.8, 4) is 0 Å². The molecule has 39 heavy (non-hydrogen) atoms. The van der Waals surface area contributed by atoms with E-state index >= 15 is 0 Å². The summed E-state index contributed by atoms with van der Waals surface area (Å²) < 4.78 is 4.70. The average molecular weight is 546 g/mol. The number of anilines is 1. The van der Waals surface area contributed by atoms with Crippen LogP contribution in [0, 0.1) is 0 Å². The van der Waals surface area contributed by atoms with Gasteiger partial charge >= 0.3 is 0 Å². The molecule has 1 unspecified atom stereocenters. The van der Waals surface area contributed by atoms with Crippen LogP contribution in [0.1, 0.15) is 44.1 Å². The summed E-state index contributed by atoms with van der Waals surface area (Å²) in [7, 11) is 3.43. The molecule has 4 amide bonds. The summed E-state index contributed by atoms with van der Waals surface area (Å²) in [5.74, 6) is -1.40. The zero-order chi connectivity index (χ0) is 28.9. The highest BCUT2D eigenvalue weighted by molar-refractivity contribution is 5.97. The van der Waals surface area contributed by atoms with Crippen molar-refractivity contribution < 1.29 is 33.5 Å². The molecule has 0 aromatic heterocycles. The van der Waals surface area contributed by atoms with Crippen molar-refractivity contribution in [1.29, 1.82) is 0 Å². The largest absolute Gasteiger partial charge is 0.463 e. The molecule has 4 N–H and O–H groups in total. The van der Waals surface area contributed by atoms with Crippen LogP contribution in [0.3, 0.4) is 0 Å². The summed E-state index contributed by atoms with van der Waals surface area (Å²) in [5.41, 5.74) is 1.30. The molecule has 12 heteroatoms. The molecule has 0 aliphatic carbocycles. The number of unbranched alkanes of at least 4 members (excludes halogenated alkanes) is 2. The molecule has 0 aliphatic rings. The third-order valence-electron chi connectivity index (χ3n) is 5.65. The molecule has 0 saturated carbocycles. The van der Waals surface area contributed by atoms with Gasteiger partial charge in [0.1, 0.15) is 18.9 Å². The molecule has 1 rings (SSSR count). The Morgan fingerprint density at radius 1 is 1.00 bits per heavy atom. The number of carbonyl (C=O) groups excluding carboxylic acids is 6. The fourth-order valence-corrected chi connectivity index (χ4v) is 3.48. The Kier molecular flexibility index (Phi) is 16.9. The lowest BCUT2D eigenvalue weighted by Crippen LogP contribution is -2.47. The second-order valence-corrected chi connectivity index (χ2v) is 8.80. The van der Waals surface area contributed by atoms with Gasteiger partial charge in [0.2, 0.25) is 23.6 Å². The number of carbonyl (C=O) groups is 6. The fourth-order valence-electron chi connectivity index (χ4n) is 3.48. The lowest BCUT2D eigenvalue weighted by atomic mass is 10.1. The second kappa shape index (κ2) is 20.0. The van der Waals surface area contributed by atoms with Gasteiger partial charge < -0.3 is 30.9 Å². The van der Waals surface area contributed by atoms with E-state index in [1.807, 2.05) is 0 Å². The number of amides is 4. The highest BCUT2D eigenvalue weighted by Gasteiger charge is 2.21. The Morgan fingerprint density at radius 3 is 2.41 bits per heavy atom. The zero-order valence-corrected chi connectivity index (χ0v) is 22.6. The van der Waals surface area contributed by atoms with Crippen molar-refractivity contribution >= 4 is 42.1 Å². The number of nitrogens with zero attached hydrogens (tertiary/aromatic N) is 1. The van der Waals surface area contributed by atoms with Gasteiger partial charge in [-0.3, -0.25) is 28.8 Å². The first kappa shape index (κ1) is 33.0. The van der Waals surface area contributed by atoms with Crippen molar-refractivity contribution in [1.82, 2.24) is 20.9 Å². The van der Waals surface area contributed by atoms with Crippen LogP contribution in [0.2, 0.25) is 0 Å². The molecule has 1 aromatic carbocycles. The number of allylic oxidation sites excluding steroid dienone is 1. The molecular weight excluding hydrogens is 506 g/mol. The number of rotatable bonds is 20. The number of ether oxygens (including phenoxy) is 1. The number of hydrogen-bond acceptors (Lipinski definition) is 8. The summed E-state index contributed by atoms with van der Waals surface area (Å²) in [6, 6.07) is 5.99. The smallest absolute Gasteiger partial charge is 0.293 e. The molecule has 0 bridgehead atoms. The van der Waals surface area contributed by atoms with Gasteiger partial charge in [0.05, 0.1) is 6.54 Å². The first-order valence-corrected chi connectivity index (χ1v) is 12.8. The first-order valence-electron chi connectivity index (χ1n) is 12.8. The summed E-state index contributed by atoms with van der Waals surface area (Å²) in [6.45, 7) is 1.41.